The number of carbonyl (C=O) groups is 1. The topological polar surface area (TPSA) is 39.4 Å². The fourth-order valence-corrected chi connectivity index (χ4v) is 1.22. The largest absolute Gasteiger partial charge is 0.438 e. The molecule has 1 heterocycles. The van der Waals surface area contributed by atoms with Crippen molar-refractivity contribution in [1.29, 1.82) is 0 Å². The molecule has 0 aliphatic carbocycles. The zero-order valence-corrected chi connectivity index (χ0v) is 8.40. The van der Waals surface area contributed by atoms with Gasteiger partial charge in [0.05, 0.1) is 0 Å². The molecule has 1 aromatic carbocycles. The summed E-state index contributed by atoms with van der Waals surface area (Å²) in [6.07, 6.45) is 0. The van der Waals surface area contributed by atoms with Crippen molar-refractivity contribution in [2.45, 2.75) is 0 Å². The van der Waals surface area contributed by atoms with Crippen molar-refractivity contribution >= 4 is 17.6 Å². The van der Waals surface area contributed by atoms with Crippen LogP contribution in [0.3, 0.4) is 0 Å². The molecule has 0 fully saturated rings. The lowest BCUT2D eigenvalue weighted by atomic mass is 10.3. The van der Waals surface area contributed by atoms with Gasteiger partial charge in [0.1, 0.15) is 5.75 Å². The molecule has 0 aliphatic rings. The minimum absolute atomic E-state index is 0.0869. The van der Waals surface area contributed by atoms with Gasteiger partial charge in [-0.05, 0) is 35.9 Å². The summed E-state index contributed by atoms with van der Waals surface area (Å²) >= 11 is 5.53. The monoisotopic (exact) mass is 222 g/mol. The molecule has 0 N–H and O–H groups in total. The second-order valence-electron chi connectivity index (χ2n) is 2.81. The van der Waals surface area contributed by atoms with Gasteiger partial charge in [0, 0.05) is 0 Å². The van der Waals surface area contributed by atoms with Gasteiger partial charge < -0.3 is 9.15 Å². The normalized spacial score (nSPS) is 9.93. The van der Waals surface area contributed by atoms with Crippen molar-refractivity contribution in [2.75, 3.05) is 0 Å². The van der Waals surface area contributed by atoms with Crippen LogP contribution in [0.25, 0.3) is 0 Å². The third-order valence-electron chi connectivity index (χ3n) is 1.73. The van der Waals surface area contributed by atoms with Gasteiger partial charge in [-0.3, -0.25) is 0 Å². The van der Waals surface area contributed by atoms with Crippen LogP contribution < -0.4 is 4.74 Å². The van der Waals surface area contributed by atoms with Gasteiger partial charge in [-0.2, -0.15) is 0 Å². The van der Waals surface area contributed by atoms with Crippen molar-refractivity contribution in [3.8, 4) is 5.75 Å². The van der Waals surface area contributed by atoms with E-state index in [9.17, 15) is 4.79 Å². The molecule has 1 aromatic heterocycles. The molecule has 0 spiro atoms. The summed E-state index contributed by atoms with van der Waals surface area (Å²) in [5, 5.41) is 0.162. The van der Waals surface area contributed by atoms with Crippen molar-refractivity contribution in [3.63, 3.8) is 0 Å². The number of hydrogen-bond acceptors (Lipinski definition) is 3. The summed E-state index contributed by atoms with van der Waals surface area (Å²) in [6.45, 7) is 0. The Morgan fingerprint density at radius 1 is 1.13 bits per heavy atom. The van der Waals surface area contributed by atoms with E-state index >= 15 is 0 Å². The van der Waals surface area contributed by atoms with Crippen LogP contribution in [0.2, 0.25) is 5.22 Å². The van der Waals surface area contributed by atoms with E-state index in [1.165, 1.54) is 12.1 Å². The number of esters is 1. The summed E-state index contributed by atoms with van der Waals surface area (Å²) in [5.74, 6) is -0.00743. The minimum Gasteiger partial charge on any atom is -0.438 e. The number of rotatable bonds is 2. The van der Waals surface area contributed by atoms with E-state index < -0.39 is 5.97 Å². The van der Waals surface area contributed by atoms with Crippen LogP contribution in [0.5, 0.6) is 5.75 Å². The number of halogens is 1. The van der Waals surface area contributed by atoms with Crippen molar-refractivity contribution in [2.24, 2.45) is 0 Å². The Bertz CT molecular complexity index is 462. The summed E-state index contributed by atoms with van der Waals surface area (Å²) in [6, 6.07) is 11.7. The summed E-state index contributed by atoms with van der Waals surface area (Å²) in [5.41, 5.74) is 0. The van der Waals surface area contributed by atoms with Crippen molar-refractivity contribution in [1.82, 2.24) is 0 Å². The van der Waals surface area contributed by atoms with Crippen LogP contribution >= 0.6 is 11.6 Å². The van der Waals surface area contributed by atoms with Gasteiger partial charge in [-0.15, -0.1) is 0 Å². The van der Waals surface area contributed by atoms with Gasteiger partial charge in [-0.25, -0.2) is 4.79 Å². The average Bonchev–Trinajstić information content (AvgIpc) is 2.66. The number of furan rings is 1. The first-order valence-electron chi connectivity index (χ1n) is 4.28. The van der Waals surface area contributed by atoms with Crippen LogP contribution in [-0.2, 0) is 0 Å². The van der Waals surface area contributed by atoms with Crippen LogP contribution in [0.1, 0.15) is 10.6 Å². The first-order chi connectivity index (χ1) is 7.25. The highest BCUT2D eigenvalue weighted by atomic mass is 35.5. The Balaban J connectivity index is 2.11. The van der Waals surface area contributed by atoms with Crippen LogP contribution in [0.4, 0.5) is 0 Å². The highest BCUT2D eigenvalue weighted by Crippen LogP contribution is 2.16. The summed E-state index contributed by atoms with van der Waals surface area (Å²) in [7, 11) is 0. The van der Waals surface area contributed by atoms with E-state index in [1.54, 1.807) is 24.3 Å². The Kier molecular flexibility index (Phi) is 2.74. The molecule has 3 nitrogen and oxygen atoms in total. The highest BCUT2D eigenvalue weighted by Gasteiger charge is 2.12. The maximum absolute atomic E-state index is 11.5. The molecule has 15 heavy (non-hydrogen) atoms. The lowest BCUT2D eigenvalue weighted by molar-refractivity contribution is 0.0701. The molecule has 0 bridgehead atoms. The van der Waals surface area contributed by atoms with Gasteiger partial charge in [0.15, 0.2) is 5.22 Å². The molecule has 0 saturated carbocycles. The summed E-state index contributed by atoms with van der Waals surface area (Å²) in [4.78, 5) is 11.5. The Morgan fingerprint density at radius 2 is 1.87 bits per heavy atom. The van der Waals surface area contributed by atoms with Gasteiger partial charge in [0.25, 0.3) is 0 Å². The predicted molar refractivity (Wildman–Crippen MR) is 55.1 cm³/mol. The Labute approximate surface area is 91.2 Å². The van der Waals surface area contributed by atoms with Crippen LogP contribution in [0.15, 0.2) is 46.9 Å². The van der Waals surface area contributed by atoms with Gasteiger partial charge >= 0.3 is 5.97 Å². The van der Waals surface area contributed by atoms with E-state index in [-0.39, 0.29) is 11.0 Å². The Hall–Kier alpha value is -1.74. The number of carbonyl (C=O) groups excluding carboxylic acids is 1. The second kappa shape index (κ2) is 4.19. The van der Waals surface area contributed by atoms with E-state index in [0.717, 1.165) is 0 Å². The Morgan fingerprint density at radius 3 is 2.47 bits per heavy atom. The number of ether oxygens (including phenoxy) is 1. The molecule has 2 aromatic rings. The van der Waals surface area contributed by atoms with Crippen LogP contribution in [-0.4, -0.2) is 5.97 Å². The van der Waals surface area contributed by atoms with Gasteiger partial charge in [0.2, 0.25) is 5.76 Å². The van der Waals surface area contributed by atoms with Gasteiger partial charge in [-0.1, -0.05) is 18.2 Å². The maximum Gasteiger partial charge on any atom is 0.379 e. The van der Waals surface area contributed by atoms with E-state index in [4.69, 9.17) is 20.8 Å². The van der Waals surface area contributed by atoms with Crippen molar-refractivity contribution < 1.29 is 13.9 Å². The SMILES string of the molecule is O=C(Oc1ccccc1)c1ccc(Cl)o1. The smallest absolute Gasteiger partial charge is 0.379 e. The standard InChI is InChI=1S/C11H7ClO3/c12-10-7-6-9(15-10)11(13)14-8-4-2-1-3-5-8/h1-7H. The lowest BCUT2D eigenvalue weighted by Crippen LogP contribution is -2.06. The molecule has 0 saturated heterocycles. The summed E-state index contributed by atoms with van der Waals surface area (Å²) < 4.78 is 9.93. The number of benzene rings is 1. The highest BCUT2D eigenvalue weighted by molar-refractivity contribution is 6.29. The van der Waals surface area contributed by atoms with E-state index in [1.807, 2.05) is 6.07 Å². The number of para-hydroxylation sites is 1. The molecule has 0 atom stereocenters. The fourth-order valence-electron chi connectivity index (χ4n) is 1.07. The first kappa shape index (κ1) is 9.80. The first-order valence-corrected chi connectivity index (χ1v) is 4.66. The maximum atomic E-state index is 11.5. The number of hydrogen-bond donors (Lipinski definition) is 0. The van der Waals surface area contributed by atoms with Crippen molar-refractivity contribution in [3.05, 3.63) is 53.4 Å². The average molecular weight is 223 g/mol. The lowest BCUT2D eigenvalue weighted by Gasteiger charge is -2.00. The van der Waals surface area contributed by atoms with E-state index in [2.05, 4.69) is 0 Å². The zero-order valence-electron chi connectivity index (χ0n) is 7.64. The fraction of sp³-hybridized carbons (Fsp3) is 0. The molecule has 0 amide bonds. The molecular formula is C11H7ClO3. The quantitative estimate of drug-likeness (QED) is 0.579. The van der Waals surface area contributed by atoms with E-state index in [0.29, 0.717) is 5.75 Å². The molecule has 0 aliphatic heterocycles. The molecule has 4 heteroatoms. The molecule has 2 rings (SSSR count). The van der Waals surface area contributed by atoms with Crippen LogP contribution in [0, 0.1) is 0 Å². The predicted octanol–water partition coefficient (Wildman–Crippen LogP) is 3.15. The molecule has 0 unspecified atom stereocenters. The molecule has 76 valence electrons. The zero-order chi connectivity index (χ0) is 10.7. The minimum atomic E-state index is -0.562. The molecule has 0 radical (unpaired) electrons. The third-order valence-corrected chi connectivity index (χ3v) is 1.93. The second-order valence-corrected chi connectivity index (χ2v) is 3.18. The third kappa shape index (κ3) is 2.39. The molecular weight excluding hydrogens is 216 g/mol.